The van der Waals surface area contributed by atoms with E-state index in [-0.39, 0.29) is 73.8 Å². The molecule has 20 heteroatoms. The van der Waals surface area contributed by atoms with Crippen LogP contribution in [0.4, 0.5) is 9.59 Å². The van der Waals surface area contributed by atoms with Crippen LogP contribution in [0.25, 0.3) is 0 Å². The normalized spacial score (nSPS) is 11.3. The zero-order chi connectivity index (χ0) is 53.0. The third-order valence-electron chi connectivity index (χ3n) is 9.77. The van der Waals surface area contributed by atoms with Crippen molar-refractivity contribution in [2.75, 3.05) is 52.9 Å². The van der Waals surface area contributed by atoms with Gasteiger partial charge in [-0.15, -0.1) is 0 Å². The highest BCUT2D eigenvalue weighted by Gasteiger charge is 2.22. The molecule has 0 radical (unpaired) electrons. The average Bonchev–Trinajstić information content (AvgIpc) is 3.36. The van der Waals surface area contributed by atoms with Gasteiger partial charge in [0.1, 0.15) is 36.2 Å². The number of unbranched alkanes of at least 4 members (excludes halogenated alkanes) is 2. The van der Waals surface area contributed by atoms with Crippen LogP contribution in [-0.2, 0) is 57.1 Å². The molecule has 0 aliphatic carbocycles. The van der Waals surface area contributed by atoms with Crippen LogP contribution in [-0.4, -0.2) is 113 Å². The van der Waals surface area contributed by atoms with Gasteiger partial charge in [-0.2, -0.15) is 0 Å². The van der Waals surface area contributed by atoms with Crippen LogP contribution < -0.4 is 18.9 Å². The van der Waals surface area contributed by atoms with E-state index in [9.17, 15) is 38.4 Å². The molecule has 0 spiro atoms. The highest BCUT2D eigenvalue weighted by molar-refractivity contribution is 5.93. The van der Waals surface area contributed by atoms with Gasteiger partial charge in [0, 0.05) is 37.5 Å². The van der Waals surface area contributed by atoms with E-state index in [1.54, 1.807) is 27.7 Å². The first-order chi connectivity index (χ1) is 34.5. The number of hydrogen-bond donors (Lipinski definition) is 0. The van der Waals surface area contributed by atoms with Crippen molar-refractivity contribution in [3.05, 3.63) is 133 Å². The summed E-state index contributed by atoms with van der Waals surface area (Å²) in [4.78, 5) is 97.6. The van der Waals surface area contributed by atoms with Crippen LogP contribution in [0.15, 0.2) is 99.2 Å². The van der Waals surface area contributed by atoms with Gasteiger partial charge in [-0.3, -0.25) is 0 Å². The molecule has 3 rings (SSSR count). The van der Waals surface area contributed by atoms with E-state index in [4.69, 9.17) is 56.8 Å². The number of esters is 6. The summed E-state index contributed by atoms with van der Waals surface area (Å²) < 4.78 is 63.5. The fraction of sp³-hybridized carbons (Fsp3) is 0.346. The molecule has 72 heavy (non-hydrogen) atoms. The van der Waals surface area contributed by atoms with Crippen LogP contribution >= 0.6 is 0 Å². The van der Waals surface area contributed by atoms with Crippen molar-refractivity contribution in [1.82, 2.24) is 0 Å². The second kappa shape index (κ2) is 31.2. The third-order valence-corrected chi connectivity index (χ3v) is 9.77. The van der Waals surface area contributed by atoms with Crippen LogP contribution in [0.1, 0.15) is 68.7 Å². The molecule has 0 bridgehead atoms. The van der Waals surface area contributed by atoms with Gasteiger partial charge >= 0.3 is 48.1 Å². The fourth-order valence-electron chi connectivity index (χ4n) is 5.81. The lowest BCUT2D eigenvalue weighted by Crippen LogP contribution is -2.30. The molecule has 0 aliphatic rings. The molecule has 0 N–H and O–H groups in total. The van der Waals surface area contributed by atoms with Crippen LogP contribution in [0.3, 0.4) is 0 Å². The molecule has 20 nitrogen and oxygen atoms in total. The SMILES string of the molecule is C=CC(=O)OCCCCOCC(COC(=O)Oc1ccc(C(=O)Oc2ccc(OC(=O)c3ccc(OC(=O)OCC(COCCCCOC(=O)C=C)OC(=O)C=C)c(C)c3)c(C)c2C)cc1C)OC(=O)C=C. The average molecular weight is 1000 g/mol. The second-order valence-corrected chi connectivity index (χ2v) is 15.2. The maximum Gasteiger partial charge on any atom is 0.513 e. The standard InChI is InChI=1S/C52H58O20/c1-9-45(53)63-25-15-13-23-61-29-39(67-47(55)11-3)31-65-51(59)71-41-19-17-37(27-33(41)5)49(57)69-43-21-22-44(36(8)35(43)7)70-50(58)38-18-20-42(34(6)28-38)72-52(60)66-32-40(68-48(56)12-4)30-62-24-14-16-26-64-46(54)10-2/h9-12,17-22,27-28,39-40H,1-4,13-16,23-26,29-32H2,5-8H3. The predicted octanol–water partition coefficient (Wildman–Crippen LogP) is 7.64. The lowest BCUT2D eigenvalue weighted by molar-refractivity contribution is -0.149. The topological polar surface area (TPSA) is 247 Å². The van der Waals surface area contributed by atoms with Gasteiger partial charge in [0.15, 0.2) is 12.2 Å². The number of carbonyl (C=O) groups excluding carboxylic acids is 8. The Bertz CT molecular complexity index is 2270. The van der Waals surface area contributed by atoms with Crippen molar-refractivity contribution in [3.63, 3.8) is 0 Å². The summed E-state index contributed by atoms with van der Waals surface area (Å²) in [6.45, 7) is 19.7. The number of aryl methyl sites for hydroxylation is 2. The zero-order valence-corrected chi connectivity index (χ0v) is 40.6. The summed E-state index contributed by atoms with van der Waals surface area (Å²) >= 11 is 0. The predicted molar refractivity (Wildman–Crippen MR) is 255 cm³/mol. The number of benzene rings is 3. The van der Waals surface area contributed by atoms with Gasteiger partial charge in [0.2, 0.25) is 0 Å². The molecule has 0 aliphatic heterocycles. The maximum atomic E-state index is 13.2. The minimum absolute atomic E-state index is 0.0793. The smallest absolute Gasteiger partial charge is 0.463 e. The van der Waals surface area contributed by atoms with Crippen molar-refractivity contribution in [3.8, 4) is 23.0 Å². The molecule has 3 aromatic rings. The van der Waals surface area contributed by atoms with Gasteiger partial charge in [-0.25, -0.2) is 38.4 Å². The number of carbonyl (C=O) groups is 8. The Hall–Kier alpha value is -8.10. The third kappa shape index (κ3) is 20.9. The van der Waals surface area contributed by atoms with E-state index in [1.807, 2.05) is 0 Å². The molecule has 0 heterocycles. The molecule has 0 saturated heterocycles. The van der Waals surface area contributed by atoms with Crippen molar-refractivity contribution in [2.45, 2.75) is 65.6 Å². The van der Waals surface area contributed by atoms with E-state index in [0.29, 0.717) is 47.9 Å². The number of rotatable bonds is 30. The highest BCUT2D eigenvalue weighted by Crippen LogP contribution is 2.31. The second-order valence-electron chi connectivity index (χ2n) is 15.2. The molecule has 2 atom stereocenters. The van der Waals surface area contributed by atoms with Crippen molar-refractivity contribution in [1.29, 1.82) is 0 Å². The van der Waals surface area contributed by atoms with Gasteiger partial charge in [-0.1, -0.05) is 26.3 Å². The van der Waals surface area contributed by atoms with Gasteiger partial charge in [0.25, 0.3) is 0 Å². The molecular formula is C52H58O20. The fourth-order valence-corrected chi connectivity index (χ4v) is 5.81. The minimum Gasteiger partial charge on any atom is -0.463 e. The molecule has 0 saturated carbocycles. The molecule has 386 valence electrons. The summed E-state index contributed by atoms with van der Waals surface area (Å²) in [5, 5.41) is 0. The first-order valence-electron chi connectivity index (χ1n) is 22.3. The molecule has 2 unspecified atom stereocenters. The maximum absolute atomic E-state index is 13.2. The molecule has 0 aromatic heterocycles. The Morgan fingerprint density at radius 2 is 0.778 bits per heavy atom. The Labute approximate surface area is 416 Å². The van der Waals surface area contributed by atoms with Crippen LogP contribution in [0.5, 0.6) is 23.0 Å². The van der Waals surface area contributed by atoms with E-state index in [1.165, 1.54) is 48.5 Å². The van der Waals surface area contributed by atoms with E-state index >= 15 is 0 Å². The summed E-state index contributed by atoms with van der Waals surface area (Å²) in [7, 11) is 0. The van der Waals surface area contributed by atoms with E-state index in [0.717, 1.165) is 24.3 Å². The van der Waals surface area contributed by atoms with Crippen LogP contribution in [0, 0.1) is 27.7 Å². The van der Waals surface area contributed by atoms with Crippen molar-refractivity contribution < 1.29 is 95.2 Å². The van der Waals surface area contributed by atoms with E-state index in [2.05, 4.69) is 26.3 Å². The Morgan fingerprint density at radius 3 is 1.12 bits per heavy atom. The van der Waals surface area contributed by atoms with Crippen LogP contribution in [0.2, 0.25) is 0 Å². The zero-order valence-electron chi connectivity index (χ0n) is 40.6. The lowest BCUT2D eigenvalue weighted by Gasteiger charge is -2.17. The van der Waals surface area contributed by atoms with Gasteiger partial charge in [-0.05, 0) is 124 Å². The quantitative estimate of drug-likeness (QED) is 0.0155. The van der Waals surface area contributed by atoms with Crippen molar-refractivity contribution >= 4 is 48.1 Å². The number of hydrogen-bond acceptors (Lipinski definition) is 20. The monoisotopic (exact) mass is 1000 g/mol. The Morgan fingerprint density at radius 1 is 0.431 bits per heavy atom. The molecule has 3 aromatic carbocycles. The molecular weight excluding hydrogens is 945 g/mol. The Balaban J connectivity index is 1.51. The lowest BCUT2D eigenvalue weighted by atomic mass is 10.1. The molecule has 0 amide bonds. The molecule has 0 fully saturated rings. The largest absolute Gasteiger partial charge is 0.513 e. The number of ether oxygens (including phenoxy) is 12. The van der Waals surface area contributed by atoms with Gasteiger partial charge in [0.05, 0.1) is 37.6 Å². The van der Waals surface area contributed by atoms with Gasteiger partial charge < -0.3 is 56.8 Å². The van der Waals surface area contributed by atoms with E-state index < -0.39 is 73.5 Å². The summed E-state index contributed by atoms with van der Waals surface area (Å²) in [6.07, 6.45) is 1.96. The summed E-state index contributed by atoms with van der Waals surface area (Å²) in [5.74, 6) is -3.51. The highest BCUT2D eigenvalue weighted by atomic mass is 16.7. The first kappa shape index (κ1) is 58.2. The summed E-state index contributed by atoms with van der Waals surface area (Å²) in [5.41, 5.74) is 2.02. The Kier molecular flexibility index (Phi) is 25.2. The van der Waals surface area contributed by atoms with Crippen molar-refractivity contribution in [2.24, 2.45) is 0 Å². The summed E-state index contributed by atoms with van der Waals surface area (Å²) in [6, 6.07) is 11.3. The minimum atomic E-state index is -1.11. The first-order valence-corrected chi connectivity index (χ1v) is 22.3.